The van der Waals surface area contributed by atoms with E-state index in [0.717, 1.165) is 41.0 Å². The first kappa shape index (κ1) is 59.2. The summed E-state index contributed by atoms with van der Waals surface area (Å²) in [6.45, 7) is 19.1. The lowest BCUT2D eigenvalue weighted by Crippen LogP contribution is -2.62. The molecular weight excluding hydrogens is 1070 g/mol. The summed E-state index contributed by atoms with van der Waals surface area (Å²) in [4.78, 5) is 97.5. The molecule has 4 N–H and O–H groups in total. The normalized spacial score (nSPS) is 20.3. The summed E-state index contributed by atoms with van der Waals surface area (Å²) in [5.41, 5.74) is 3.99. The number of rotatable bonds is 15. The Balaban J connectivity index is 0.829. The molecule has 0 bridgehead atoms. The van der Waals surface area contributed by atoms with Crippen molar-refractivity contribution in [1.82, 2.24) is 60.4 Å². The molecule has 0 unspecified atom stereocenters. The molecule has 3 fully saturated rings. The maximum atomic E-state index is 14.9. The molecule has 0 radical (unpaired) electrons. The SMILES string of the molecule is Cc1[nH]nc(Nc2ncnc3cc(OCCCN4CCN(c5ncc(C(=O)N6CC[C@H]7CC[C@@H](C(=O)N[C@@H]8CCCc9ccccc98)N7C(=O)[C@@H](NC(=O)[C@H](C)N(C)C(=O)OC(C)(C)C)C6)cn5)CC4)c(S(=O)(=O)C(C)(C)C)cc23)c1C. The van der Waals surface area contributed by atoms with Crippen LogP contribution in [0.5, 0.6) is 5.75 Å². The number of aromatic nitrogens is 6. The first-order chi connectivity index (χ1) is 38.9. The lowest BCUT2D eigenvalue weighted by atomic mass is 9.87. The Bertz CT molecular complexity index is 3300. The molecule has 5 aromatic rings. The van der Waals surface area contributed by atoms with Crippen LogP contribution in [-0.4, -0.2) is 182 Å². The van der Waals surface area contributed by atoms with Crippen molar-refractivity contribution < 1.29 is 41.9 Å². The minimum absolute atomic E-state index is 0.0561. The number of aryl methyl sites for hydroxylation is 2. The number of nitrogens with zero attached hydrogens (tertiary/aromatic N) is 10. The van der Waals surface area contributed by atoms with Crippen LogP contribution in [0.15, 0.2) is 60.0 Å². The van der Waals surface area contributed by atoms with Crippen molar-refractivity contribution in [3.63, 3.8) is 0 Å². The molecule has 4 aliphatic rings. The van der Waals surface area contributed by atoms with E-state index in [0.29, 0.717) is 86.9 Å². The van der Waals surface area contributed by atoms with Gasteiger partial charge < -0.3 is 40.1 Å². The Morgan fingerprint density at radius 2 is 1.61 bits per heavy atom. The van der Waals surface area contributed by atoms with Crippen molar-refractivity contribution >= 4 is 68.0 Å². The van der Waals surface area contributed by atoms with Crippen LogP contribution < -0.4 is 25.6 Å². The highest BCUT2D eigenvalue weighted by Gasteiger charge is 2.47. The quantitative estimate of drug-likeness (QED) is 0.0901. The lowest BCUT2D eigenvalue weighted by Gasteiger charge is -2.39. The summed E-state index contributed by atoms with van der Waals surface area (Å²) < 4.78 is 38.7. The maximum absolute atomic E-state index is 14.9. The second-order valence-electron chi connectivity index (χ2n) is 23.9. The van der Waals surface area contributed by atoms with Gasteiger partial charge in [-0.15, -0.1) is 0 Å². The van der Waals surface area contributed by atoms with Crippen LogP contribution in [0.1, 0.15) is 126 Å². The number of fused-ring (bicyclic) bond motifs is 3. The van der Waals surface area contributed by atoms with Crippen molar-refractivity contribution in [3.05, 3.63) is 83.1 Å². The van der Waals surface area contributed by atoms with Crippen molar-refractivity contribution in [2.45, 2.75) is 153 Å². The summed E-state index contributed by atoms with van der Waals surface area (Å²) in [7, 11) is -2.42. The minimum atomic E-state index is -3.87. The zero-order valence-corrected chi connectivity index (χ0v) is 49.6. The summed E-state index contributed by atoms with van der Waals surface area (Å²) in [6, 6.07) is 7.67. The van der Waals surface area contributed by atoms with Gasteiger partial charge in [0.15, 0.2) is 15.7 Å². The van der Waals surface area contributed by atoms with Crippen molar-refractivity contribution in [3.8, 4) is 5.75 Å². The Morgan fingerprint density at radius 1 is 0.878 bits per heavy atom. The first-order valence-electron chi connectivity index (χ1n) is 28.4. The maximum Gasteiger partial charge on any atom is 0.410 e. The molecule has 0 saturated carbocycles. The van der Waals surface area contributed by atoms with Gasteiger partial charge in [-0.25, -0.2) is 33.1 Å². The molecule has 6 heterocycles. The molecular formula is C58H78N14O9S. The number of piperazine rings is 1. The van der Waals surface area contributed by atoms with E-state index in [9.17, 15) is 32.4 Å². The van der Waals surface area contributed by atoms with E-state index in [-0.39, 0.29) is 53.9 Å². The molecule has 5 amide bonds. The van der Waals surface area contributed by atoms with Gasteiger partial charge in [0, 0.05) is 87.5 Å². The van der Waals surface area contributed by atoms with Crippen LogP contribution in [-0.2, 0) is 35.4 Å². The van der Waals surface area contributed by atoms with E-state index in [1.165, 1.54) is 43.2 Å². The monoisotopic (exact) mass is 1150 g/mol. The highest BCUT2D eigenvalue weighted by molar-refractivity contribution is 7.92. The second kappa shape index (κ2) is 24.2. The van der Waals surface area contributed by atoms with Crippen LogP contribution in [0.2, 0.25) is 0 Å². The van der Waals surface area contributed by atoms with Gasteiger partial charge in [-0.05, 0) is 124 Å². The number of aromatic amines is 1. The fourth-order valence-electron chi connectivity index (χ4n) is 11.0. The number of carbonyl (C=O) groups is 5. The van der Waals surface area contributed by atoms with Crippen LogP contribution in [0.3, 0.4) is 0 Å². The van der Waals surface area contributed by atoms with Crippen LogP contribution >= 0.6 is 0 Å². The van der Waals surface area contributed by atoms with E-state index in [1.807, 2.05) is 36.9 Å². The smallest absolute Gasteiger partial charge is 0.410 e. The molecule has 23 nitrogen and oxygen atoms in total. The Hall–Kier alpha value is -7.47. The summed E-state index contributed by atoms with van der Waals surface area (Å²) >= 11 is 0. The van der Waals surface area contributed by atoms with E-state index < -0.39 is 62.1 Å². The summed E-state index contributed by atoms with van der Waals surface area (Å²) in [5, 5.41) is 17.1. The molecule has 440 valence electrons. The molecule has 0 spiro atoms. The van der Waals surface area contributed by atoms with Crippen molar-refractivity contribution in [2.24, 2.45) is 0 Å². The van der Waals surface area contributed by atoms with Crippen LogP contribution in [0.4, 0.5) is 22.4 Å². The molecule has 5 atom stereocenters. The van der Waals surface area contributed by atoms with Gasteiger partial charge in [-0.2, -0.15) is 5.10 Å². The third-order valence-electron chi connectivity index (χ3n) is 16.1. The molecule has 9 rings (SSSR count). The third-order valence-corrected chi connectivity index (χ3v) is 18.6. The molecule has 3 aromatic heterocycles. The number of amides is 5. The number of anilines is 3. The standard InChI is InChI=1S/C58H78N14O9S/c1-35-36(2)66-67-49(35)65-50-42-29-48(82(78,79)58(7,8)9)47(30-44(42)61-34-62-50)80-28-14-22-69-24-26-70(27-25-69)55-59-31-39(32-60-55)53(75)71-23-21-40-19-20-46(52(74)63-43-18-13-16-38-15-11-12-17-41(38)43)72(40)54(76)45(33-71)64-51(73)37(3)68(10)56(77)81-57(4,5)6/h11-12,15,17,29-32,34,37,40,43,45-46H,13-14,16,18-28,33H2,1-10H3,(H,63,74)(H,64,73)(H2,61,62,65,66,67)/t37-,40+,43+,45-,46-/m0/s1. The number of H-pyrrole nitrogens is 1. The topological polar surface area (TPSA) is 270 Å². The van der Waals surface area contributed by atoms with Gasteiger partial charge in [0.2, 0.25) is 23.7 Å². The van der Waals surface area contributed by atoms with Gasteiger partial charge >= 0.3 is 6.09 Å². The summed E-state index contributed by atoms with van der Waals surface area (Å²) in [6.07, 6.45) is 8.29. The Labute approximate surface area is 479 Å². The van der Waals surface area contributed by atoms with Crippen molar-refractivity contribution in [1.29, 1.82) is 0 Å². The average Bonchev–Trinajstić information content (AvgIpc) is 4.15. The zero-order valence-electron chi connectivity index (χ0n) is 48.7. The molecule has 82 heavy (non-hydrogen) atoms. The van der Waals surface area contributed by atoms with E-state index >= 15 is 0 Å². The molecule has 1 aliphatic carbocycles. The van der Waals surface area contributed by atoms with Gasteiger partial charge in [-0.3, -0.25) is 34.1 Å². The molecule has 3 saturated heterocycles. The van der Waals surface area contributed by atoms with Crippen LogP contribution in [0.25, 0.3) is 10.9 Å². The number of carbonyl (C=O) groups excluding carboxylic acids is 5. The number of sulfone groups is 1. The fraction of sp³-hybridized carbons (Fsp3) is 0.552. The Morgan fingerprint density at radius 3 is 2.30 bits per heavy atom. The van der Waals surface area contributed by atoms with E-state index in [4.69, 9.17) is 9.47 Å². The molecule has 2 aromatic carbocycles. The highest BCUT2D eigenvalue weighted by atomic mass is 32.2. The number of likely N-dealkylation sites (N-methyl/N-ethyl adjacent to an activating group) is 1. The predicted octanol–water partition coefficient (Wildman–Crippen LogP) is 5.81. The average molecular weight is 1150 g/mol. The summed E-state index contributed by atoms with van der Waals surface area (Å²) in [5.74, 6) is -0.101. The Kier molecular flexibility index (Phi) is 17.4. The van der Waals surface area contributed by atoms with Gasteiger partial charge in [0.1, 0.15) is 46.5 Å². The molecule has 3 aliphatic heterocycles. The largest absolute Gasteiger partial charge is 0.492 e. The van der Waals surface area contributed by atoms with E-state index in [1.54, 1.807) is 58.6 Å². The van der Waals surface area contributed by atoms with E-state index in [2.05, 4.69) is 57.0 Å². The van der Waals surface area contributed by atoms with Gasteiger partial charge in [0.25, 0.3) is 5.91 Å². The number of ether oxygens (including phenoxy) is 2. The van der Waals surface area contributed by atoms with Crippen molar-refractivity contribution in [2.75, 3.05) is 69.7 Å². The lowest BCUT2D eigenvalue weighted by molar-refractivity contribution is -0.145. The van der Waals surface area contributed by atoms with Gasteiger partial charge in [0.05, 0.1) is 35.0 Å². The van der Waals surface area contributed by atoms with Gasteiger partial charge in [-0.1, -0.05) is 24.3 Å². The number of hydrogen-bond acceptors (Lipinski definition) is 17. The predicted molar refractivity (Wildman–Crippen MR) is 308 cm³/mol. The molecule has 24 heteroatoms. The number of hydrogen-bond donors (Lipinski definition) is 4. The second-order valence-corrected chi connectivity index (χ2v) is 26.6. The fourth-order valence-corrected chi connectivity index (χ4v) is 12.3. The number of nitrogens with one attached hydrogen (secondary N) is 4. The highest BCUT2D eigenvalue weighted by Crippen LogP contribution is 2.38. The zero-order chi connectivity index (χ0) is 58.8. The third kappa shape index (κ3) is 12.9. The first-order valence-corrected chi connectivity index (χ1v) is 29.9. The van der Waals surface area contributed by atoms with Crippen LogP contribution in [0, 0.1) is 13.8 Å². The number of benzene rings is 2. The minimum Gasteiger partial charge on any atom is -0.492 e.